The van der Waals surface area contributed by atoms with E-state index in [-0.39, 0.29) is 17.3 Å². The number of sulfone groups is 1. The molecule has 0 atom stereocenters. The minimum Gasteiger partial charge on any atom is -0.339 e. The molecule has 0 fully saturated rings. The topological polar surface area (TPSA) is 73.1 Å². The normalized spacial score (nSPS) is 12.0. The van der Waals surface area contributed by atoms with Gasteiger partial charge in [0, 0.05) is 6.42 Å². The molecule has 1 heterocycles. The fourth-order valence-corrected chi connectivity index (χ4v) is 3.43. The van der Waals surface area contributed by atoms with E-state index in [0.717, 1.165) is 12.0 Å². The lowest BCUT2D eigenvalue weighted by Crippen LogP contribution is -2.11. The molecule has 0 unspecified atom stereocenters. The zero-order chi connectivity index (χ0) is 16.0. The van der Waals surface area contributed by atoms with Gasteiger partial charge in [0.25, 0.3) is 0 Å². The quantitative estimate of drug-likeness (QED) is 0.747. The van der Waals surface area contributed by atoms with Crippen LogP contribution in [-0.4, -0.2) is 24.3 Å². The van der Waals surface area contributed by atoms with Gasteiger partial charge in [0.1, 0.15) is 5.75 Å². The molecule has 0 saturated carbocycles. The molecule has 0 spiro atoms. The Labute approximate surface area is 131 Å². The number of benzene rings is 1. The lowest BCUT2D eigenvalue weighted by molar-refractivity contribution is 0.359. The van der Waals surface area contributed by atoms with E-state index >= 15 is 0 Å². The van der Waals surface area contributed by atoms with E-state index in [9.17, 15) is 8.42 Å². The van der Waals surface area contributed by atoms with Crippen LogP contribution in [0.4, 0.5) is 0 Å². The van der Waals surface area contributed by atoms with Crippen molar-refractivity contribution in [1.82, 2.24) is 10.1 Å². The van der Waals surface area contributed by atoms with E-state index in [1.807, 2.05) is 44.2 Å². The molecule has 0 radical (unpaired) electrons. The molecular formula is C16H22N2O3S. The average Bonchev–Trinajstić information content (AvgIpc) is 2.85. The summed E-state index contributed by atoms with van der Waals surface area (Å²) in [5.74, 6) is 1.15. The molecule has 6 heteroatoms. The molecule has 0 saturated heterocycles. The highest BCUT2D eigenvalue weighted by molar-refractivity contribution is 7.90. The van der Waals surface area contributed by atoms with E-state index in [4.69, 9.17) is 4.52 Å². The van der Waals surface area contributed by atoms with E-state index in [1.165, 1.54) is 0 Å². The van der Waals surface area contributed by atoms with Gasteiger partial charge in [0.2, 0.25) is 5.89 Å². The Hall–Kier alpha value is -1.69. The highest BCUT2D eigenvalue weighted by Gasteiger charge is 2.17. The summed E-state index contributed by atoms with van der Waals surface area (Å²) in [6, 6.07) is 9.87. The number of aromatic nitrogens is 2. The molecular weight excluding hydrogens is 300 g/mol. The number of nitrogens with zero attached hydrogens (tertiary/aromatic N) is 2. The van der Waals surface area contributed by atoms with Crippen molar-refractivity contribution in [1.29, 1.82) is 0 Å². The highest BCUT2D eigenvalue weighted by atomic mass is 32.2. The first-order valence-corrected chi connectivity index (χ1v) is 9.32. The predicted molar refractivity (Wildman–Crippen MR) is 85.1 cm³/mol. The summed E-state index contributed by atoms with van der Waals surface area (Å²) >= 11 is 0. The lowest BCUT2D eigenvalue weighted by atomic mass is 10.1. The molecule has 120 valence electrons. The van der Waals surface area contributed by atoms with Crippen molar-refractivity contribution in [2.45, 2.75) is 38.9 Å². The summed E-state index contributed by atoms with van der Waals surface area (Å²) in [5.41, 5.74) is 1.15. The van der Waals surface area contributed by atoms with Crippen LogP contribution in [0, 0.1) is 5.92 Å². The van der Waals surface area contributed by atoms with Gasteiger partial charge >= 0.3 is 0 Å². The molecule has 0 bridgehead atoms. The van der Waals surface area contributed by atoms with Crippen LogP contribution in [0.25, 0.3) is 0 Å². The maximum absolute atomic E-state index is 12.1. The van der Waals surface area contributed by atoms with Crippen LogP contribution in [0.1, 0.15) is 37.5 Å². The van der Waals surface area contributed by atoms with Gasteiger partial charge in [-0.2, -0.15) is 4.98 Å². The van der Waals surface area contributed by atoms with Gasteiger partial charge in [0.15, 0.2) is 15.7 Å². The van der Waals surface area contributed by atoms with Crippen molar-refractivity contribution >= 4 is 9.84 Å². The SMILES string of the molecule is CC(C)Cc1nc(CS(=O)(=O)CCCc2ccccc2)no1. The smallest absolute Gasteiger partial charge is 0.226 e. The van der Waals surface area contributed by atoms with Crippen LogP contribution in [-0.2, 0) is 28.4 Å². The van der Waals surface area contributed by atoms with Crippen molar-refractivity contribution in [2.75, 3.05) is 5.75 Å². The fraction of sp³-hybridized carbons (Fsp3) is 0.500. The van der Waals surface area contributed by atoms with Crippen LogP contribution < -0.4 is 0 Å². The monoisotopic (exact) mass is 322 g/mol. The Kier molecular flexibility index (Phi) is 5.71. The lowest BCUT2D eigenvalue weighted by Gasteiger charge is -2.02. The van der Waals surface area contributed by atoms with Crippen LogP contribution >= 0.6 is 0 Å². The van der Waals surface area contributed by atoms with Crippen LogP contribution in [0.15, 0.2) is 34.9 Å². The molecule has 0 N–H and O–H groups in total. The van der Waals surface area contributed by atoms with Crippen molar-refractivity contribution in [3.05, 3.63) is 47.6 Å². The Morgan fingerprint density at radius 2 is 1.91 bits per heavy atom. The molecule has 0 aliphatic carbocycles. The van der Waals surface area contributed by atoms with Crippen molar-refractivity contribution in [3.63, 3.8) is 0 Å². The van der Waals surface area contributed by atoms with Crippen LogP contribution in [0.2, 0.25) is 0 Å². The molecule has 0 aliphatic rings. The summed E-state index contributed by atoms with van der Waals surface area (Å²) in [6.07, 6.45) is 2.02. The fourth-order valence-electron chi connectivity index (χ4n) is 2.19. The molecule has 0 aliphatic heterocycles. The van der Waals surface area contributed by atoms with Crippen molar-refractivity contribution < 1.29 is 12.9 Å². The molecule has 1 aromatic heterocycles. The highest BCUT2D eigenvalue weighted by Crippen LogP contribution is 2.10. The van der Waals surface area contributed by atoms with E-state index in [1.54, 1.807) is 0 Å². The van der Waals surface area contributed by atoms with Gasteiger partial charge < -0.3 is 4.52 Å². The minimum absolute atomic E-state index is 0.135. The molecule has 0 amide bonds. The number of hydrogen-bond acceptors (Lipinski definition) is 5. The number of aryl methyl sites for hydroxylation is 1. The zero-order valence-electron chi connectivity index (χ0n) is 13.0. The van der Waals surface area contributed by atoms with Gasteiger partial charge in [-0.1, -0.05) is 49.3 Å². The van der Waals surface area contributed by atoms with Crippen LogP contribution in [0.3, 0.4) is 0 Å². The standard InChI is InChI=1S/C16H22N2O3S/c1-13(2)11-16-17-15(18-21-16)12-22(19,20)10-6-9-14-7-4-3-5-8-14/h3-5,7-8,13H,6,9-12H2,1-2H3. The second-order valence-electron chi connectivity index (χ2n) is 5.88. The zero-order valence-corrected chi connectivity index (χ0v) is 13.8. The van der Waals surface area contributed by atoms with Crippen molar-refractivity contribution in [2.24, 2.45) is 5.92 Å². The Balaban J connectivity index is 1.84. The molecule has 5 nitrogen and oxygen atoms in total. The first kappa shape index (κ1) is 16.7. The molecule has 1 aromatic carbocycles. The summed E-state index contributed by atoms with van der Waals surface area (Å²) in [7, 11) is -3.20. The van der Waals surface area contributed by atoms with Gasteiger partial charge in [0.05, 0.1) is 5.75 Å². The Morgan fingerprint density at radius 3 is 2.59 bits per heavy atom. The van der Waals surface area contributed by atoms with Gasteiger partial charge in [-0.15, -0.1) is 0 Å². The van der Waals surface area contributed by atoms with Crippen LogP contribution in [0.5, 0.6) is 0 Å². The summed E-state index contributed by atoms with van der Waals surface area (Å²) in [4.78, 5) is 4.14. The third-order valence-electron chi connectivity index (χ3n) is 3.21. The molecule has 22 heavy (non-hydrogen) atoms. The second-order valence-corrected chi connectivity index (χ2v) is 8.07. The number of rotatable bonds is 8. The minimum atomic E-state index is -3.20. The second kappa shape index (κ2) is 7.54. The Bertz CT molecular complexity index is 678. The summed E-state index contributed by atoms with van der Waals surface area (Å²) in [6.45, 7) is 4.09. The van der Waals surface area contributed by atoms with Gasteiger partial charge in [-0.25, -0.2) is 8.42 Å². The first-order valence-electron chi connectivity index (χ1n) is 7.50. The third kappa shape index (κ3) is 5.60. The van der Waals surface area contributed by atoms with Crippen molar-refractivity contribution in [3.8, 4) is 0 Å². The van der Waals surface area contributed by atoms with Gasteiger partial charge in [-0.05, 0) is 24.3 Å². The first-order chi connectivity index (χ1) is 10.4. The predicted octanol–water partition coefficient (Wildman–Crippen LogP) is 2.82. The summed E-state index contributed by atoms with van der Waals surface area (Å²) < 4.78 is 29.3. The maximum Gasteiger partial charge on any atom is 0.226 e. The molecule has 2 aromatic rings. The number of hydrogen-bond donors (Lipinski definition) is 0. The Morgan fingerprint density at radius 1 is 1.18 bits per heavy atom. The summed E-state index contributed by atoms with van der Waals surface area (Å²) in [5, 5.41) is 3.76. The van der Waals surface area contributed by atoms with E-state index in [0.29, 0.717) is 24.7 Å². The third-order valence-corrected chi connectivity index (χ3v) is 4.81. The van der Waals surface area contributed by atoms with E-state index < -0.39 is 9.84 Å². The maximum atomic E-state index is 12.1. The van der Waals surface area contributed by atoms with E-state index in [2.05, 4.69) is 10.1 Å². The largest absolute Gasteiger partial charge is 0.339 e. The average molecular weight is 322 g/mol. The van der Waals surface area contributed by atoms with Gasteiger partial charge in [-0.3, -0.25) is 0 Å². The molecule has 2 rings (SSSR count).